The number of aliphatic carboxylic acids is 1. The fraction of sp³-hybridized carbons (Fsp3) is 0.480. The summed E-state index contributed by atoms with van der Waals surface area (Å²) >= 11 is 0. The molecule has 4 aliphatic rings. The number of carboxylic acids is 1. The minimum atomic E-state index is -0.842. The number of phenols is 1. The number of aldehydes is 1. The topological polar surface area (TPSA) is 121 Å². The molecule has 296 valence electrons. The van der Waals surface area contributed by atoms with Gasteiger partial charge in [0.05, 0.1) is 12.5 Å². The number of carbonyl (C=O) groups excluding carboxylic acids is 1. The molecule has 0 amide bonds. The number of aromatic hydroxyl groups is 1. The van der Waals surface area contributed by atoms with E-state index in [2.05, 4.69) is 85.0 Å². The summed E-state index contributed by atoms with van der Waals surface area (Å²) < 4.78 is 0. The number of carbonyl (C=O) groups is 2. The highest BCUT2D eigenvalue weighted by Crippen LogP contribution is 2.53. The summed E-state index contributed by atoms with van der Waals surface area (Å²) in [5, 5.41) is 34.8. The second kappa shape index (κ2) is 18.3. The third-order valence-corrected chi connectivity index (χ3v) is 14.1. The number of hydrogen-bond donors (Lipinski definition) is 4. The van der Waals surface area contributed by atoms with Gasteiger partial charge in [0.1, 0.15) is 12.0 Å². The van der Waals surface area contributed by atoms with Gasteiger partial charge in [-0.1, -0.05) is 116 Å². The van der Waals surface area contributed by atoms with Crippen molar-refractivity contribution in [2.45, 2.75) is 94.8 Å². The Kier molecular flexibility index (Phi) is 13.1. The Labute approximate surface area is 332 Å². The fourth-order valence-electron chi connectivity index (χ4n) is 11.2. The number of benzene rings is 3. The van der Waals surface area contributed by atoms with Gasteiger partial charge in [-0.05, 0) is 140 Å². The van der Waals surface area contributed by atoms with Crippen LogP contribution in [0, 0.1) is 41.4 Å². The van der Waals surface area contributed by atoms with Gasteiger partial charge in [0.25, 0.3) is 0 Å². The van der Waals surface area contributed by atoms with E-state index in [0.29, 0.717) is 24.8 Å². The molecule has 1 fully saturated rings. The number of carboxylic acid groups (broad SMARTS) is 1. The summed E-state index contributed by atoms with van der Waals surface area (Å²) in [6, 6.07) is 24.9. The summed E-state index contributed by atoms with van der Waals surface area (Å²) in [5.41, 5.74) is 9.99. The number of fused-ring (bicyclic) bond motifs is 5. The summed E-state index contributed by atoms with van der Waals surface area (Å²) in [7, 11) is 0. The maximum Gasteiger partial charge on any atom is 0.308 e. The highest BCUT2D eigenvalue weighted by Gasteiger charge is 2.51. The van der Waals surface area contributed by atoms with E-state index in [9.17, 15) is 24.9 Å². The standard InChI is InChI=1S/C50H61NO5/c51-25-23-34-16-17-40(26-34)42(32-52)12-3-1-2-9-36-13-7-14-43(33-53)48(49(55)56)50(24-22-41-29-38-10-4-5-11-39(38)30-44(41)31-50)45-15-6-8-35(27-45)28-47(36)37-18-20-46(54)21-19-37/h4-8,10-11,14-15,18-21,26-27,29-30,32,36,40-44,47-48,53-54H,1-3,9,12-13,16-17,22-25,28,31,33,51H2,(H,55,56). The van der Waals surface area contributed by atoms with Crippen LogP contribution < -0.4 is 16.2 Å². The van der Waals surface area contributed by atoms with Gasteiger partial charge in [0.15, 0.2) is 0 Å². The van der Waals surface area contributed by atoms with E-state index in [1.54, 1.807) is 12.1 Å². The first kappa shape index (κ1) is 40.0. The van der Waals surface area contributed by atoms with Gasteiger partial charge in [-0.3, -0.25) is 4.79 Å². The first-order valence-electron chi connectivity index (χ1n) is 21.3. The molecular formula is C50H61NO5. The number of hydrogen-bond acceptors (Lipinski definition) is 5. The molecule has 0 saturated heterocycles. The molecular weight excluding hydrogens is 695 g/mol. The van der Waals surface area contributed by atoms with Crippen molar-refractivity contribution < 1.29 is 24.9 Å². The molecule has 9 unspecified atom stereocenters. The lowest BCUT2D eigenvalue weighted by Crippen LogP contribution is -2.50. The van der Waals surface area contributed by atoms with Crippen molar-refractivity contribution >= 4 is 24.4 Å². The van der Waals surface area contributed by atoms with E-state index in [1.165, 1.54) is 33.4 Å². The van der Waals surface area contributed by atoms with E-state index in [4.69, 9.17) is 5.73 Å². The molecule has 3 aromatic carbocycles. The third kappa shape index (κ3) is 8.82. The van der Waals surface area contributed by atoms with Crippen molar-refractivity contribution in [3.05, 3.63) is 124 Å². The molecule has 3 aromatic rings. The molecule has 0 heterocycles. The summed E-state index contributed by atoms with van der Waals surface area (Å²) in [6.07, 6.45) is 24.3. The zero-order valence-corrected chi connectivity index (χ0v) is 32.9. The van der Waals surface area contributed by atoms with Gasteiger partial charge >= 0.3 is 5.97 Å². The predicted octanol–water partition coefficient (Wildman–Crippen LogP) is 7.98. The molecule has 56 heavy (non-hydrogen) atoms. The van der Waals surface area contributed by atoms with E-state index < -0.39 is 23.2 Å². The minimum Gasteiger partial charge on any atom is -0.508 e. The quantitative estimate of drug-likeness (QED) is 0.0798. The van der Waals surface area contributed by atoms with E-state index in [0.717, 1.165) is 82.6 Å². The van der Waals surface area contributed by atoms with Gasteiger partial charge in [0.2, 0.25) is 0 Å². The normalized spacial score (nSPS) is 29.0. The van der Waals surface area contributed by atoms with Crippen molar-refractivity contribution in [2.75, 3.05) is 13.2 Å². The maximum absolute atomic E-state index is 13.6. The molecule has 1 saturated carbocycles. The molecule has 6 nitrogen and oxygen atoms in total. The Morgan fingerprint density at radius 3 is 2.45 bits per heavy atom. The van der Waals surface area contributed by atoms with Crippen LogP contribution in [-0.4, -0.2) is 40.7 Å². The fourth-order valence-corrected chi connectivity index (χ4v) is 11.2. The lowest BCUT2D eigenvalue weighted by Gasteiger charge is -2.49. The van der Waals surface area contributed by atoms with Gasteiger partial charge < -0.3 is 25.8 Å². The SMILES string of the molecule is NCCC1=CC(C(C=O)CCCCCC2CC=CC(CO)C(C(=O)O)C3(CCC4C=c5ccccc5=CC4C3)c3cccc(c3)CC2c2ccc(O)cc2)CC1. The van der Waals surface area contributed by atoms with Crippen LogP contribution in [0.25, 0.3) is 12.2 Å². The smallest absolute Gasteiger partial charge is 0.308 e. The van der Waals surface area contributed by atoms with Gasteiger partial charge in [-0.25, -0.2) is 0 Å². The van der Waals surface area contributed by atoms with Crippen molar-refractivity contribution in [1.29, 1.82) is 0 Å². The largest absolute Gasteiger partial charge is 0.508 e. The van der Waals surface area contributed by atoms with Crippen molar-refractivity contribution in [1.82, 2.24) is 0 Å². The summed E-state index contributed by atoms with van der Waals surface area (Å²) in [6.45, 7) is 0.433. The first-order chi connectivity index (χ1) is 27.3. The second-order valence-corrected chi connectivity index (χ2v) is 17.4. The predicted molar refractivity (Wildman–Crippen MR) is 224 cm³/mol. The lowest BCUT2D eigenvalue weighted by molar-refractivity contribution is -0.148. The lowest BCUT2D eigenvalue weighted by atomic mass is 9.54. The average molecular weight is 756 g/mol. The number of aliphatic hydroxyl groups is 1. The molecule has 1 spiro atoms. The molecule has 7 rings (SSSR count). The van der Waals surface area contributed by atoms with Crippen LogP contribution in [0.4, 0.5) is 0 Å². The highest BCUT2D eigenvalue weighted by molar-refractivity contribution is 5.74. The Bertz CT molecular complexity index is 2000. The van der Waals surface area contributed by atoms with Crippen LogP contribution in [0.5, 0.6) is 5.75 Å². The van der Waals surface area contributed by atoms with E-state index >= 15 is 0 Å². The number of aliphatic hydroxyl groups excluding tert-OH is 1. The number of unbranched alkanes of at least 4 members (excludes halogenated alkanes) is 2. The molecule has 0 aliphatic heterocycles. The van der Waals surface area contributed by atoms with Crippen LogP contribution in [0.15, 0.2) is 96.6 Å². The van der Waals surface area contributed by atoms with Crippen molar-refractivity contribution in [3.63, 3.8) is 0 Å². The van der Waals surface area contributed by atoms with E-state index in [1.807, 2.05) is 6.08 Å². The number of nitrogens with two attached hydrogens (primary N) is 1. The first-order valence-corrected chi connectivity index (χ1v) is 21.3. The molecule has 0 aromatic heterocycles. The van der Waals surface area contributed by atoms with Crippen molar-refractivity contribution in [3.8, 4) is 5.75 Å². The van der Waals surface area contributed by atoms with Crippen LogP contribution >= 0.6 is 0 Å². The Morgan fingerprint density at radius 1 is 0.929 bits per heavy atom. The molecule has 5 N–H and O–H groups in total. The average Bonchev–Trinajstić information content (AvgIpc) is 3.67. The van der Waals surface area contributed by atoms with Crippen LogP contribution in [0.3, 0.4) is 0 Å². The zero-order valence-electron chi connectivity index (χ0n) is 32.9. The molecule has 9 atom stereocenters. The zero-order chi connectivity index (χ0) is 39.1. The molecule has 2 bridgehead atoms. The Balaban J connectivity index is 1.17. The van der Waals surface area contributed by atoms with Crippen LogP contribution in [0.1, 0.15) is 99.7 Å². The number of allylic oxidation sites excluding steroid dienone is 2. The van der Waals surface area contributed by atoms with Crippen LogP contribution in [-0.2, 0) is 21.4 Å². The molecule has 4 aliphatic carbocycles. The maximum atomic E-state index is 13.6. The van der Waals surface area contributed by atoms with Gasteiger partial charge in [-0.2, -0.15) is 0 Å². The highest BCUT2D eigenvalue weighted by atomic mass is 16.4. The van der Waals surface area contributed by atoms with E-state index in [-0.39, 0.29) is 36.0 Å². The van der Waals surface area contributed by atoms with Crippen LogP contribution in [0.2, 0.25) is 0 Å². The summed E-state index contributed by atoms with van der Waals surface area (Å²) in [5.74, 6) is -0.503. The molecule has 0 radical (unpaired) electrons. The monoisotopic (exact) mass is 755 g/mol. The summed E-state index contributed by atoms with van der Waals surface area (Å²) in [4.78, 5) is 25.7. The van der Waals surface area contributed by atoms with Gasteiger partial charge in [0, 0.05) is 17.3 Å². The second-order valence-electron chi connectivity index (χ2n) is 17.4. The van der Waals surface area contributed by atoms with Gasteiger partial charge in [-0.15, -0.1) is 0 Å². The Hall–Kier alpha value is -4.26. The van der Waals surface area contributed by atoms with Crippen molar-refractivity contribution in [2.24, 2.45) is 47.2 Å². The molecule has 6 heteroatoms. The number of rotatable bonds is 13. The minimum absolute atomic E-state index is 0.0625. The Morgan fingerprint density at radius 2 is 1.71 bits per heavy atom. The third-order valence-electron chi connectivity index (χ3n) is 14.1. The number of phenolic OH excluding ortho intramolecular Hbond substituents is 1.